The first-order chi connectivity index (χ1) is 10.2. The molecule has 1 aromatic heterocycles. The molecule has 1 aromatic rings. The minimum Gasteiger partial charge on any atom is -0.339 e. The van der Waals surface area contributed by atoms with E-state index in [0.717, 1.165) is 37.3 Å². The van der Waals surface area contributed by atoms with Gasteiger partial charge in [-0.1, -0.05) is 44.2 Å². The van der Waals surface area contributed by atoms with Crippen molar-refractivity contribution in [2.45, 2.75) is 57.4 Å². The zero-order valence-corrected chi connectivity index (χ0v) is 14.6. The van der Waals surface area contributed by atoms with Gasteiger partial charge in [-0.25, -0.2) is 0 Å². The molecular weight excluding hydrogens is 300 g/mol. The van der Waals surface area contributed by atoms with Crippen LogP contribution in [0.5, 0.6) is 0 Å². The van der Waals surface area contributed by atoms with Crippen molar-refractivity contribution in [1.29, 1.82) is 0 Å². The Kier molecular flexibility index (Phi) is 6.66. The summed E-state index contributed by atoms with van der Waals surface area (Å²) in [6.07, 6.45) is 8.15. The lowest BCUT2D eigenvalue weighted by Crippen LogP contribution is -2.44. The average molecular weight is 329 g/mol. The molecule has 2 atom stereocenters. The van der Waals surface area contributed by atoms with E-state index in [-0.39, 0.29) is 18.4 Å². The second-order valence-corrected chi connectivity index (χ2v) is 6.83. The van der Waals surface area contributed by atoms with E-state index in [9.17, 15) is 0 Å². The van der Waals surface area contributed by atoms with Gasteiger partial charge in [0.15, 0.2) is 5.82 Å². The first-order valence-electron chi connectivity index (χ1n) is 8.48. The smallest absolute Gasteiger partial charge is 0.229 e. The van der Waals surface area contributed by atoms with Crippen molar-refractivity contribution in [3.05, 3.63) is 11.7 Å². The fraction of sp³-hybridized carbons (Fsp3) is 0.875. The fourth-order valence-corrected chi connectivity index (χ4v) is 3.70. The largest absolute Gasteiger partial charge is 0.339 e. The van der Waals surface area contributed by atoms with Crippen LogP contribution in [0, 0.1) is 5.92 Å². The second-order valence-electron chi connectivity index (χ2n) is 6.83. The molecule has 5 nitrogen and oxygen atoms in total. The van der Waals surface area contributed by atoms with E-state index in [1.54, 1.807) is 0 Å². The summed E-state index contributed by atoms with van der Waals surface area (Å²) >= 11 is 0. The van der Waals surface area contributed by atoms with Crippen LogP contribution in [0.4, 0.5) is 0 Å². The van der Waals surface area contributed by atoms with Gasteiger partial charge in [-0.3, -0.25) is 4.90 Å². The van der Waals surface area contributed by atoms with Crippen LogP contribution in [-0.2, 0) is 0 Å². The van der Waals surface area contributed by atoms with Crippen molar-refractivity contribution in [2.75, 3.05) is 26.7 Å². The Bertz CT molecular complexity index is 447. The topological polar surface area (TPSA) is 54.2 Å². The summed E-state index contributed by atoms with van der Waals surface area (Å²) in [5.41, 5.74) is 0. The highest BCUT2D eigenvalue weighted by Gasteiger charge is 2.27. The summed E-state index contributed by atoms with van der Waals surface area (Å²) in [6.45, 7) is 5.21. The maximum absolute atomic E-state index is 5.55. The van der Waals surface area contributed by atoms with Crippen molar-refractivity contribution in [3.63, 3.8) is 0 Å². The zero-order chi connectivity index (χ0) is 14.7. The Morgan fingerprint density at radius 1 is 1.32 bits per heavy atom. The van der Waals surface area contributed by atoms with Gasteiger partial charge >= 0.3 is 0 Å². The number of nitrogens with zero attached hydrogens (tertiary/aromatic N) is 3. The third-order valence-electron chi connectivity index (χ3n) is 5.10. The van der Waals surface area contributed by atoms with Crippen LogP contribution < -0.4 is 5.32 Å². The second kappa shape index (κ2) is 8.27. The number of hydrogen-bond donors (Lipinski definition) is 1. The number of nitrogens with one attached hydrogen (secondary N) is 1. The normalized spacial score (nSPS) is 25.6. The van der Waals surface area contributed by atoms with Gasteiger partial charge in [0.05, 0.1) is 6.04 Å². The van der Waals surface area contributed by atoms with Gasteiger partial charge in [-0.05, 0) is 19.4 Å². The molecule has 0 aromatic carbocycles. The molecule has 1 aliphatic carbocycles. The highest BCUT2D eigenvalue weighted by atomic mass is 35.5. The van der Waals surface area contributed by atoms with Crippen molar-refractivity contribution in [2.24, 2.45) is 5.92 Å². The molecule has 1 saturated carbocycles. The first kappa shape index (κ1) is 17.7. The molecule has 2 unspecified atom stereocenters. The minimum absolute atomic E-state index is 0. The molecule has 1 N–H and O–H groups in total. The fourth-order valence-electron chi connectivity index (χ4n) is 3.70. The number of piperazine rings is 1. The standard InChI is InChI=1S/C16H28N4O.ClH/c1-12(10-13-6-4-3-5-7-13)16-18-15(19-21-16)14-11-17-8-9-20(14)2;/h12-14,17H,3-11H2,1-2H3;1H. The van der Waals surface area contributed by atoms with Gasteiger partial charge in [-0.15, -0.1) is 12.4 Å². The van der Waals surface area contributed by atoms with Crippen LogP contribution in [0.25, 0.3) is 0 Å². The maximum Gasteiger partial charge on any atom is 0.229 e. The number of rotatable bonds is 4. The Hall–Kier alpha value is -0.650. The third kappa shape index (κ3) is 4.21. The molecule has 126 valence electrons. The Morgan fingerprint density at radius 2 is 2.09 bits per heavy atom. The predicted octanol–water partition coefficient (Wildman–Crippen LogP) is 3.14. The van der Waals surface area contributed by atoms with Crippen molar-refractivity contribution in [3.8, 4) is 0 Å². The summed E-state index contributed by atoms with van der Waals surface area (Å²) in [4.78, 5) is 6.99. The van der Waals surface area contributed by atoms with E-state index >= 15 is 0 Å². The monoisotopic (exact) mass is 328 g/mol. The number of halogens is 1. The van der Waals surface area contributed by atoms with E-state index < -0.39 is 0 Å². The van der Waals surface area contributed by atoms with Crippen LogP contribution in [0.1, 0.15) is 69.1 Å². The molecule has 2 aliphatic rings. The molecule has 3 rings (SSSR count). The van der Waals surface area contributed by atoms with E-state index in [1.807, 2.05) is 0 Å². The molecule has 22 heavy (non-hydrogen) atoms. The summed E-state index contributed by atoms with van der Waals surface area (Å²) in [7, 11) is 2.13. The summed E-state index contributed by atoms with van der Waals surface area (Å²) < 4.78 is 5.55. The van der Waals surface area contributed by atoms with E-state index in [0.29, 0.717) is 5.92 Å². The maximum atomic E-state index is 5.55. The van der Waals surface area contributed by atoms with Crippen molar-refractivity contribution in [1.82, 2.24) is 20.4 Å². The van der Waals surface area contributed by atoms with Crippen LogP contribution in [0.15, 0.2) is 4.52 Å². The minimum atomic E-state index is 0. The predicted molar refractivity (Wildman–Crippen MR) is 89.4 cm³/mol. The van der Waals surface area contributed by atoms with Gasteiger partial charge in [0.2, 0.25) is 5.89 Å². The van der Waals surface area contributed by atoms with Crippen molar-refractivity contribution >= 4 is 12.4 Å². The molecule has 0 radical (unpaired) electrons. The van der Waals surface area contributed by atoms with E-state index in [4.69, 9.17) is 9.51 Å². The molecule has 1 aliphatic heterocycles. The van der Waals surface area contributed by atoms with Crippen molar-refractivity contribution < 1.29 is 4.52 Å². The van der Waals surface area contributed by atoms with Crippen LogP contribution in [-0.4, -0.2) is 41.7 Å². The highest BCUT2D eigenvalue weighted by Crippen LogP contribution is 2.32. The number of hydrogen-bond acceptors (Lipinski definition) is 5. The third-order valence-corrected chi connectivity index (χ3v) is 5.10. The first-order valence-corrected chi connectivity index (χ1v) is 8.48. The summed E-state index contributed by atoms with van der Waals surface area (Å²) in [5.74, 6) is 2.91. The van der Waals surface area contributed by atoms with Crippen LogP contribution >= 0.6 is 12.4 Å². The van der Waals surface area contributed by atoms with Gasteiger partial charge in [-0.2, -0.15) is 4.98 Å². The molecule has 0 bridgehead atoms. The lowest BCUT2D eigenvalue weighted by molar-refractivity contribution is 0.190. The lowest BCUT2D eigenvalue weighted by Gasteiger charge is -2.30. The Balaban J connectivity index is 0.00000176. The lowest BCUT2D eigenvalue weighted by atomic mass is 9.83. The summed E-state index contributed by atoms with van der Waals surface area (Å²) in [6, 6.07) is 0.248. The Labute approximate surface area is 139 Å². The molecule has 0 spiro atoms. The Morgan fingerprint density at radius 3 is 2.82 bits per heavy atom. The summed E-state index contributed by atoms with van der Waals surface area (Å²) in [5, 5.41) is 7.64. The number of likely N-dealkylation sites (N-methyl/N-ethyl adjacent to an activating group) is 1. The number of aromatic nitrogens is 2. The SMILES string of the molecule is CC(CC1CCCCC1)c1nc(C2CNCCN2C)no1.Cl. The molecule has 0 amide bonds. The van der Waals surface area contributed by atoms with E-state index in [2.05, 4.69) is 29.3 Å². The van der Waals surface area contributed by atoms with Gasteiger partial charge in [0, 0.05) is 25.6 Å². The molecule has 2 heterocycles. The van der Waals surface area contributed by atoms with Gasteiger partial charge < -0.3 is 9.84 Å². The molecule has 6 heteroatoms. The van der Waals surface area contributed by atoms with Crippen LogP contribution in [0.3, 0.4) is 0 Å². The zero-order valence-electron chi connectivity index (χ0n) is 13.8. The quantitative estimate of drug-likeness (QED) is 0.920. The van der Waals surface area contributed by atoms with E-state index in [1.165, 1.54) is 38.5 Å². The molecule has 2 fully saturated rings. The van der Waals surface area contributed by atoms with Gasteiger partial charge in [0.1, 0.15) is 0 Å². The highest BCUT2D eigenvalue weighted by molar-refractivity contribution is 5.85. The molecule has 1 saturated heterocycles. The molecular formula is C16H29ClN4O. The van der Waals surface area contributed by atoms with Gasteiger partial charge in [0.25, 0.3) is 0 Å². The average Bonchev–Trinajstić information content (AvgIpc) is 2.98. The van der Waals surface area contributed by atoms with Crippen LogP contribution in [0.2, 0.25) is 0 Å².